The summed E-state index contributed by atoms with van der Waals surface area (Å²) in [6.45, 7) is 0.391. The zero-order chi connectivity index (χ0) is 13.8. The van der Waals surface area contributed by atoms with Crippen LogP contribution in [0.2, 0.25) is 0 Å². The predicted octanol–water partition coefficient (Wildman–Crippen LogP) is 2.07. The molecule has 6 nitrogen and oxygen atoms in total. The minimum Gasteiger partial charge on any atom is -0.370 e. The van der Waals surface area contributed by atoms with E-state index in [1.807, 2.05) is 0 Å². The van der Waals surface area contributed by atoms with Crippen molar-refractivity contribution >= 4 is 5.96 Å². The lowest BCUT2D eigenvalue weighted by Crippen LogP contribution is -2.39. The first kappa shape index (κ1) is 13.4. The third kappa shape index (κ3) is 3.71. The molecule has 3 rings (SSSR count). The summed E-state index contributed by atoms with van der Waals surface area (Å²) in [4.78, 5) is 8.65. The maximum absolute atomic E-state index is 5.94. The zero-order valence-corrected chi connectivity index (χ0v) is 11.8. The number of hydrogen-bond donors (Lipinski definition) is 2. The van der Waals surface area contributed by atoms with E-state index in [1.54, 1.807) is 0 Å². The fourth-order valence-electron chi connectivity index (χ4n) is 2.66. The van der Waals surface area contributed by atoms with Gasteiger partial charge in [-0.1, -0.05) is 30.8 Å². The number of nitrogens with one attached hydrogen (secondary N) is 1. The van der Waals surface area contributed by atoms with Gasteiger partial charge < -0.3 is 15.6 Å². The van der Waals surface area contributed by atoms with Gasteiger partial charge in [0.15, 0.2) is 11.8 Å². The van der Waals surface area contributed by atoms with Crippen molar-refractivity contribution in [1.82, 2.24) is 15.5 Å². The molecular weight excluding hydrogens is 254 g/mol. The van der Waals surface area contributed by atoms with E-state index in [2.05, 4.69) is 20.4 Å². The van der Waals surface area contributed by atoms with Crippen LogP contribution in [0.1, 0.15) is 69.0 Å². The lowest BCUT2D eigenvalue weighted by molar-refractivity contribution is 0.374. The second-order valence-corrected chi connectivity index (χ2v) is 5.86. The molecule has 2 aliphatic carbocycles. The van der Waals surface area contributed by atoms with Crippen LogP contribution < -0.4 is 11.1 Å². The summed E-state index contributed by atoms with van der Waals surface area (Å²) in [6.07, 6.45) is 9.92. The Morgan fingerprint density at radius 2 is 1.95 bits per heavy atom. The Morgan fingerprint density at radius 1 is 1.20 bits per heavy atom. The summed E-state index contributed by atoms with van der Waals surface area (Å²) in [5.74, 6) is 2.36. The highest BCUT2D eigenvalue weighted by Gasteiger charge is 2.29. The van der Waals surface area contributed by atoms with E-state index in [0.717, 1.165) is 18.7 Å². The molecule has 110 valence electrons. The molecule has 0 spiro atoms. The van der Waals surface area contributed by atoms with Gasteiger partial charge >= 0.3 is 0 Å². The van der Waals surface area contributed by atoms with Crippen molar-refractivity contribution in [1.29, 1.82) is 0 Å². The Kier molecular flexibility index (Phi) is 4.18. The van der Waals surface area contributed by atoms with E-state index < -0.39 is 0 Å². The average molecular weight is 277 g/mol. The van der Waals surface area contributed by atoms with Gasteiger partial charge in [-0.2, -0.15) is 4.98 Å². The quantitative estimate of drug-likeness (QED) is 0.499. The fraction of sp³-hybridized carbons (Fsp3) is 0.786. The third-order valence-corrected chi connectivity index (χ3v) is 4.01. The van der Waals surface area contributed by atoms with Gasteiger partial charge in [-0.3, -0.25) is 0 Å². The van der Waals surface area contributed by atoms with Gasteiger partial charge in [-0.25, -0.2) is 4.99 Å². The number of nitrogens with two attached hydrogens (primary N) is 1. The first-order chi connectivity index (χ1) is 9.81. The van der Waals surface area contributed by atoms with E-state index in [0.29, 0.717) is 30.3 Å². The number of guanidine groups is 1. The van der Waals surface area contributed by atoms with Gasteiger partial charge in [0.25, 0.3) is 0 Å². The fourth-order valence-corrected chi connectivity index (χ4v) is 2.66. The number of hydrogen-bond acceptors (Lipinski definition) is 4. The Morgan fingerprint density at radius 3 is 2.65 bits per heavy atom. The lowest BCUT2D eigenvalue weighted by Gasteiger charge is -2.16. The van der Waals surface area contributed by atoms with E-state index >= 15 is 0 Å². The monoisotopic (exact) mass is 277 g/mol. The summed E-state index contributed by atoms with van der Waals surface area (Å²) < 4.78 is 5.20. The summed E-state index contributed by atoms with van der Waals surface area (Å²) in [7, 11) is 0. The molecule has 1 aromatic heterocycles. The molecule has 0 aromatic carbocycles. The minimum absolute atomic E-state index is 0.391. The molecule has 20 heavy (non-hydrogen) atoms. The van der Waals surface area contributed by atoms with Crippen molar-refractivity contribution < 1.29 is 4.52 Å². The number of aliphatic imine (C=N–C) groups is 1. The molecule has 1 heterocycles. The van der Waals surface area contributed by atoms with Crippen molar-refractivity contribution in [3.63, 3.8) is 0 Å². The largest absolute Gasteiger partial charge is 0.370 e. The molecule has 0 radical (unpaired) electrons. The first-order valence-corrected chi connectivity index (χ1v) is 7.70. The van der Waals surface area contributed by atoms with E-state index in [9.17, 15) is 0 Å². The van der Waals surface area contributed by atoms with E-state index in [4.69, 9.17) is 10.3 Å². The van der Waals surface area contributed by atoms with E-state index in [-0.39, 0.29) is 0 Å². The SMILES string of the molecule is NC(=NCc1noc(C2CC2)n1)NC1CCCCCC1. The Labute approximate surface area is 119 Å². The average Bonchev–Trinajstić information content (AvgIpc) is 3.23. The standard InChI is InChI=1S/C14H23N5O/c15-14(17-11-5-3-1-2-4-6-11)16-9-12-18-13(20-19-12)10-7-8-10/h10-11H,1-9H2,(H3,15,16,17). The zero-order valence-electron chi connectivity index (χ0n) is 11.8. The van der Waals surface area contributed by atoms with Crippen LogP contribution >= 0.6 is 0 Å². The topological polar surface area (TPSA) is 89.3 Å². The Balaban J connectivity index is 1.48. The van der Waals surface area contributed by atoms with Gasteiger partial charge in [-0.05, 0) is 25.7 Å². The number of rotatable bonds is 4. The van der Waals surface area contributed by atoms with Crippen molar-refractivity contribution in [2.75, 3.05) is 0 Å². The first-order valence-electron chi connectivity index (χ1n) is 7.70. The molecule has 0 saturated heterocycles. The van der Waals surface area contributed by atoms with Gasteiger partial charge in [0.05, 0.1) is 0 Å². The van der Waals surface area contributed by atoms with Crippen LogP contribution in [-0.2, 0) is 6.54 Å². The van der Waals surface area contributed by atoms with Crippen molar-refractivity contribution in [3.05, 3.63) is 11.7 Å². The second-order valence-electron chi connectivity index (χ2n) is 5.86. The van der Waals surface area contributed by atoms with Crippen LogP contribution in [0.25, 0.3) is 0 Å². The lowest BCUT2D eigenvalue weighted by atomic mass is 10.1. The molecule has 3 N–H and O–H groups in total. The van der Waals surface area contributed by atoms with Crippen LogP contribution in [0.3, 0.4) is 0 Å². The summed E-state index contributed by atoms with van der Waals surface area (Å²) in [6, 6.07) is 0.466. The van der Waals surface area contributed by atoms with E-state index in [1.165, 1.54) is 38.5 Å². The smallest absolute Gasteiger partial charge is 0.229 e. The minimum atomic E-state index is 0.391. The molecule has 1 aromatic rings. The molecule has 2 aliphatic rings. The Hall–Kier alpha value is -1.59. The summed E-state index contributed by atoms with van der Waals surface area (Å²) in [5.41, 5.74) is 5.94. The third-order valence-electron chi connectivity index (χ3n) is 4.01. The number of aromatic nitrogens is 2. The summed E-state index contributed by atoms with van der Waals surface area (Å²) >= 11 is 0. The molecule has 0 atom stereocenters. The highest BCUT2D eigenvalue weighted by Crippen LogP contribution is 2.38. The highest BCUT2D eigenvalue weighted by atomic mass is 16.5. The van der Waals surface area contributed by atoms with Gasteiger partial charge in [0.1, 0.15) is 6.54 Å². The van der Waals surface area contributed by atoms with Crippen LogP contribution in [0.4, 0.5) is 0 Å². The normalized spacial score (nSPS) is 21.7. The molecule has 2 fully saturated rings. The van der Waals surface area contributed by atoms with Gasteiger partial charge in [0.2, 0.25) is 5.89 Å². The van der Waals surface area contributed by atoms with Crippen LogP contribution in [0.15, 0.2) is 9.52 Å². The molecule has 0 aliphatic heterocycles. The van der Waals surface area contributed by atoms with Crippen LogP contribution in [-0.4, -0.2) is 22.1 Å². The number of nitrogens with zero attached hydrogens (tertiary/aromatic N) is 3. The maximum Gasteiger partial charge on any atom is 0.229 e. The molecule has 0 bridgehead atoms. The van der Waals surface area contributed by atoms with Crippen molar-refractivity contribution in [2.45, 2.75) is 69.9 Å². The highest BCUT2D eigenvalue weighted by molar-refractivity contribution is 5.78. The second kappa shape index (κ2) is 6.24. The molecule has 2 saturated carbocycles. The Bertz CT molecular complexity index is 458. The molecular formula is C14H23N5O. The molecule has 6 heteroatoms. The molecule has 0 amide bonds. The van der Waals surface area contributed by atoms with Gasteiger partial charge in [0, 0.05) is 12.0 Å². The van der Waals surface area contributed by atoms with Crippen molar-refractivity contribution in [2.24, 2.45) is 10.7 Å². The van der Waals surface area contributed by atoms with Crippen LogP contribution in [0.5, 0.6) is 0 Å². The van der Waals surface area contributed by atoms with Gasteiger partial charge in [-0.15, -0.1) is 0 Å². The summed E-state index contributed by atoms with van der Waals surface area (Å²) in [5, 5.41) is 7.25. The predicted molar refractivity (Wildman–Crippen MR) is 76.2 cm³/mol. The van der Waals surface area contributed by atoms with Crippen LogP contribution in [0, 0.1) is 0 Å². The van der Waals surface area contributed by atoms with Crippen molar-refractivity contribution in [3.8, 4) is 0 Å². The maximum atomic E-state index is 5.94. The molecule has 0 unspecified atom stereocenters.